The summed E-state index contributed by atoms with van der Waals surface area (Å²) in [5.41, 5.74) is 1.39. The van der Waals surface area contributed by atoms with E-state index in [1.165, 1.54) is 18.4 Å². The molecule has 2 N–H and O–H groups in total. The Morgan fingerprint density at radius 1 is 1.44 bits per heavy atom. The van der Waals surface area contributed by atoms with E-state index in [4.69, 9.17) is 0 Å². The summed E-state index contributed by atoms with van der Waals surface area (Å²) in [4.78, 5) is 16.6. The predicted octanol–water partition coefficient (Wildman–Crippen LogP) is 1.59. The van der Waals surface area contributed by atoms with Gasteiger partial charge in [-0.1, -0.05) is 18.6 Å². The molecule has 3 rings (SSSR count). The Morgan fingerprint density at radius 3 is 2.89 bits per heavy atom. The Labute approximate surface area is 108 Å². The minimum atomic E-state index is -0.183. The fourth-order valence-corrected chi connectivity index (χ4v) is 3.07. The number of hydrogen-bond donors (Lipinski definition) is 2. The van der Waals surface area contributed by atoms with Gasteiger partial charge >= 0.3 is 0 Å². The van der Waals surface area contributed by atoms with Gasteiger partial charge in [-0.15, -0.1) is 0 Å². The molecule has 2 aliphatic carbocycles. The van der Waals surface area contributed by atoms with Crippen LogP contribution in [0.4, 0.5) is 0 Å². The average molecular weight is 247 g/mol. The largest absolute Gasteiger partial charge is 0.353 e. The highest BCUT2D eigenvalue weighted by Gasteiger charge is 2.36. The summed E-state index contributed by atoms with van der Waals surface area (Å²) in [5.74, 6) is 1.70. The molecule has 0 aromatic heterocycles. The van der Waals surface area contributed by atoms with Crippen LogP contribution >= 0.6 is 0 Å². The van der Waals surface area contributed by atoms with Crippen LogP contribution in [0.3, 0.4) is 0 Å². The van der Waals surface area contributed by atoms with Crippen LogP contribution in [-0.4, -0.2) is 24.0 Å². The van der Waals surface area contributed by atoms with Gasteiger partial charge in [0.15, 0.2) is 5.96 Å². The molecule has 0 radical (unpaired) electrons. The lowest BCUT2D eigenvalue weighted by Gasteiger charge is -2.27. The van der Waals surface area contributed by atoms with Gasteiger partial charge in [-0.25, -0.2) is 4.99 Å². The van der Waals surface area contributed by atoms with Crippen molar-refractivity contribution in [2.24, 2.45) is 16.8 Å². The molecule has 1 amide bonds. The van der Waals surface area contributed by atoms with Crippen molar-refractivity contribution in [1.82, 2.24) is 10.6 Å². The van der Waals surface area contributed by atoms with E-state index < -0.39 is 0 Å². The Hall–Kier alpha value is -1.32. The number of rotatable bonds is 2. The first kappa shape index (κ1) is 11.8. The van der Waals surface area contributed by atoms with E-state index in [0.29, 0.717) is 23.8 Å². The molecule has 0 bridgehead atoms. The fourth-order valence-electron chi connectivity index (χ4n) is 3.07. The summed E-state index contributed by atoms with van der Waals surface area (Å²) < 4.78 is 0. The summed E-state index contributed by atoms with van der Waals surface area (Å²) in [6, 6.07) is 0.354. The second-order valence-electron chi connectivity index (χ2n) is 6.02. The van der Waals surface area contributed by atoms with Gasteiger partial charge in [0, 0.05) is 6.04 Å². The van der Waals surface area contributed by atoms with E-state index in [-0.39, 0.29) is 11.9 Å². The van der Waals surface area contributed by atoms with Gasteiger partial charge in [0.2, 0.25) is 0 Å². The van der Waals surface area contributed by atoms with E-state index >= 15 is 0 Å². The van der Waals surface area contributed by atoms with Crippen LogP contribution in [0, 0.1) is 11.8 Å². The Kier molecular flexibility index (Phi) is 2.88. The van der Waals surface area contributed by atoms with Gasteiger partial charge in [0.25, 0.3) is 5.91 Å². The minimum Gasteiger partial charge on any atom is -0.353 e. The Morgan fingerprint density at radius 2 is 2.22 bits per heavy atom. The molecule has 98 valence electrons. The number of nitrogens with one attached hydrogen (secondary N) is 2. The van der Waals surface area contributed by atoms with E-state index in [1.54, 1.807) is 0 Å². The lowest BCUT2D eigenvalue weighted by Crippen LogP contribution is -2.39. The molecule has 4 nitrogen and oxygen atoms in total. The second kappa shape index (κ2) is 4.41. The zero-order valence-electron chi connectivity index (χ0n) is 11.1. The van der Waals surface area contributed by atoms with Crippen LogP contribution in [0.5, 0.6) is 0 Å². The van der Waals surface area contributed by atoms with Crippen molar-refractivity contribution in [2.75, 3.05) is 0 Å². The summed E-state index contributed by atoms with van der Waals surface area (Å²) in [6.07, 6.45) is 6.78. The molecule has 3 atom stereocenters. The van der Waals surface area contributed by atoms with Crippen LogP contribution < -0.4 is 10.6 Å². The quantitative estimate of drug-likeness (QED) is 0.728. The van der Waals surface area contributed by atoms with Gasteiger partial charge in [-0.3, -0.25) is 10.1 Å². The molecule has 1 heterocycles. The van der Waals surface area contributed by atoms with Crippen molar-refractivity contribution in [3.63, 3.8) is 0 Å². The zero-order valence-corrected chi connectivity index (χ0v) is 11.1. The fraction of sp³-hybridized carbons (Fsp3) is 0.714. The molecular formula is C14H21N3O. The lowest BCUT2D eigenvalue weighted by molar-refractivity contribution is -0.121. The summed E-state index contributed by atoms with van der Waals surface area (Å²) in [7, 11) is 0. The highest BCUT2D eigenvalue weighted by molar-refractivity contribution is 6.05. The van der Waals surface area contributed by atoms with Gasteiger partial charge in [-0.05, 0) is 44.4 Å². The minimum absolute atomic E-state index is 0.0741. The first-order valence-electron chi connectivity index (χ1n) is 6.94. The van der Waals surface area contributed by atoms with Crippen molar-refractivity contribution in [1.29, 1.82) is 0 Å². The Balaban J connectivity index is 1.69. The number of carbonyl (C=O) groups is 1. The van der Waals surface area contributed by atoms with E-state index in [9.17, 15) is 4.79 Å². The Bertz CT molecular complexity index is 423. The van der Waals surface area contributed by atoms with Crippen LogP contribution in [-0.2, 0) is 4.79 Å². The highest BCUT2D eigenvalue weighted by Crippen LogP contribution is 2.32. The number of hydrogen-bond acceptors (Lipinski definition) is 3. The first-order valence-corrected chi connectivity index (χ1v) is 6.94. The SMILES string of the molecule is CC1=CC(C)CC(C2N=C(NC3CC3)NC2=O)C1. The third kappa shape index (κ3) is 2.42. The van der Waals surface area contributed by atoms with Gasteiger partial charge in [-0.2, -0.15) is 0 Å². The van der Waals surface area contributed by atoms with Crippen LogP contribution in [0.2, 0.25) is 0 Å². The van der Waals surface area contributed by atoms with E-state index in [1.807, 2.05) is 0 Å². The molecule has 0 spiro atoms. The van der Waals surface area contributed by atoms with Crippen molar-refractivity contribution in [3.05, 3.63) is 11.6 Å². The van der Waals surface area contributed by atoms with Crippen molar-refractivity contribution in [3.8, 4) is 0 Å². The second-order valence-corrected chi connectivity index (χ2v) is 6.02. The number of nitrogens with zero attached hydrogens (tertiary/aromatic N) is 1. The number of allylic oxidation sites excluding steroid dienone is 2. The van der Waals surface area contributed by atoms with Crippen molar-refractivity contribution >= 4 is 11.9 Å². The van der Waals surface area contributed by atoms with Gasteiger partial charge in [0.1, 0.15) is 6.04 Å². The first-order chi connectivity index (χ1) is 8.61. The number of aliphatic imine (C=N–C) groups is 1. The summed E-state index contributed by atoms with van der Waals surface area (Å²) in [5, 5.41) is 6.16. The zero-order chi connectivity index (χ0) is 12.7. The molecule has 0 aromatic carbocycles. The highest BCUT2D eigenvalue weighted by atomic mass is 16.2. The van der Waals surface area contributed by atoms with Crippen molar-refractivity contribution < 1.29 is 4.79 Å². The number of guanidine groups is 1. The van der Waals surface area contributed by atoms with Gasteiger partial charge in [0.05, 0.1) is 0 Å². The average Bonchev–Trinajstić information content (AvgIpc) is 3.00. The molecule has 3 unspecified atom stereocenters. The third-order valence-electron chi connectivity index (χ3n) is 3.97. The normalized spacial score (nSPS) is 35.9. The molecule has 1 fully saturated rings. The molecule has 3 aliphatic rings. The molecule has 1 aliphatic heterocycles. The van der Waals surface area contributed by atoms with Crippen LogP contribution in [0.25, 0.3) is 0 Å². The maximum absolute atomic E-state index is 12.0. The van der Waals surface area contributed by atoms with Crippen LogP contribution in [0.15, 0.2) is 16.6 Å². The predicted molar refractivity (Wildman–Crippen MR) is 71.2 cm³/mol. The van der Waals surface area contributed by atoms with E-state index in [0.717, 1.165) is 12.8 Å². The standard InChI is InChI=1S/C14H21N3O/c1-8-5-9(2)7-10(6-8)12-13(18)17-14(16-12)15-11-3-4-11/h5,8,10-12H,3-4,6-7H2,1-2H3,(H2,15,16,17,18). The van der Waals surface area contributed by atoms with Crippen molar-refractivity contribution in [2.45, 2.75) is 51.6 Å². The number of amides is 1. The smallest absolute Gasteiger partial charge is 0.251 e. The third-order valence-corrected chi connectivity index (χ3v) is 3.97. The molecule has 0 aromatic rings. The molecule has 0 saturated heterocycles. The monoisotopic (exact) mass is 247 g/mol. The molecule has 4 heteroatoms. The lowest BCUT2D eigenvalue weighted by atomic mass is 9.79. The molecule has 18 heavy (non-hydrogen) atoms. The number of carbonyl (C=O) groups excluding carboxylic acids is 1. The molecule has 1 saturated carbocycles. The maximum Gasteiger partial charge on any atom is 0.251 e. The van der Waals surface area contributed by atoms with Gasteiger partial charge < -0.3 is 5.32 Å². The maximum atomic E-state index is 12.0. The van der Waals surface area contributed by atoms with Crippen LogP contribution in [0.1, 0.15) is 39.5 Å². The topological polar surface area (TPSA) is 53.5 Å². The van der Waals surface area contributed by atoms with E-state index in [2.05, 4.69) is 35.5 Å². The molecular weight excluding hydrogens is 226 g/mol. The summed E-state index contributed by atoms with van der Waals surface area (Å²) >= 11 is 0. The summed E-state index contributed by atoms with van der Waals surface area (Å²) in [6.45, 7) is 4.37.